The van der Waals surface area contributed by atoms with Crippen LogP contribution < -0.4 is 10.6 Å². The smallest absolute Gasteiger partial charge is 0.225 e. The van der Waals surface area contributed by atoms with Gasteiger partial charge in [-0.05, 0) is 36.6 Å². The second-order valence-electron chi connectivity index (χ2n) is 5.22. The molecule has 4 nitrogen and oxygen atoms in total. The first-order valence-electron chi connectivity index (χ1n) is 7.83. The topological polar surface area (TPSA) is 54.0 Å². The lowest BCUT2D eigenvalue weighted by Crippen LogP contribution is -2.12. The zero-order valence-electron chi connectivity index (χ0n) is 13.2. The largest absolute Gasteiger partial charge is 0.354 e. The minimum absolute atomic E-state index is 0.0198. The van der Waals surface area contributed by atoms with Crippen molar-refractivity contribution in [1.82, 2.24) is 4.98 Å². The Morgan fingerprint density at radius 2 is 1.95 bits per heavy atom. The molecule has 0 aliphatic carbocycles. The van der Waals surface area contributed by atoms with Crippen LogP contribution >= 0.6 is 0 Å². The number of anilines is 3. The van der Waals surface area contributed by atoms with Gasteiger partial charge in [0.05, 0.1) is 11.9 Å². The average molecular weight is 297 g/mol. The predicted octanol–water partition coefficient (Wildman–Crippen LogP) is 4.52. The molecule has 4 heteroatoms. The van der Waals surface area contributed by atoms with Gasteiger partial charge in [-0.15, -0.1) is 0 Å². The van der Waals surface area contributed by atoms with Crippen LogP contribution in [0.4, 0.5) is 17.2 Å². The van der Waals surface area contributed by atoms with Gasteiger partial charge in [-0.3, -0.25) is 4.79 Å². The Bertz CT molecular complexity index is 608. The number of para-hydroxylation sites is 1. The Hall–Kier alpha value is -2.36. The molecule has 1 aromatic carbocycles. The van der Waals surface area contributed by atoms with E-state index in [0.717, 1.165) is 30.6 Å². The monoisotopic (exact) mass is 297 g/mol. The van der Waals surface area contributed by atoms with E-state index >= 15 is 0 Å². The molecule has 116 valence electrons. The number of benzene rings is 1. The highest BCUT2D eigenvalue weighted by Gasteiger charge is 2.04. The van der Waals surface area contributed by atoms with Crippen molar-refractivity contribution in [3.05, 3.63) is 48.2 Å². The molecule has 0 saturated heterocycles. The summed E-state index contributed by atoms with van der Waals surface area (Å²) in [4.78, 5) is 15.9. The van der Waals surface area contributed by atoms with Crippen molar-refractivity contribution in [2.75, 3.05) is 10.6 Å². The fourth-order valence-electron chi connectivity index (χ4n) is 2.19. The Balaban J connectivity index is 1.98. The first kappa shape index (κ1) is 16.0. The first-order valence-corrected chi connectivity index (χ1v) is 7.83. The van der Waals surface area contributed by atoms with Crippen molar-refractivity contribution in [3.8, 4) is 0 Å². The fourth-order valence-corrected chi connectivity index (χ4v) is 2.19. The summed E-state index contributed by atoms with van der Waals surface area (Å²) >= 11 is 0. The second-order valence-corrected chi connectivity index (χ2v) is 5.22. The van der Waals surface area contributed by atoms with E-state index in [1.54, 1.807) is 6.20 Å². The van der Waals surface area contributed by atoms with Crippen molar-refractivity contribution in [2.24, 2.45) is 0 Å². The summed E-state index contributed by atoms with van der Waals surface area (Å²) in [6.45, 7) is 4.20. The molecule has 0 saturated carbocycles. The summed E-state index contributed by atoms with van der Waals surface area (Å²) in [6, 6.07) is 12.0. The van der Waals surface area contributed by atoms with Crippen LogP contribution in [0.1, 0.15) is 38.7 Å². The van der Waals surface area contributed by atoms with E-state index in [1.165, 1.54) is 5.56 Å². The lowest BCUT2D eigenvalue weighted by Gasteiger charge is -2.11. The number of carbonyl (C=O) groups is 1. The maximum atomic E-state index is 11.7. The number of carbonyl (C=O) groups excluding carboxylic acids is 1. The number of nitrogens with one attached hydrogen (secondary N) is 2. The summed E-state index contributed by atoms with van der Waals surface area (Å²) in [5.41, 5.74) is 3.26. The third-order valence-corrected chi connectivity index (χ3v) is 3.47. The fraction of sp³-hybridized carbons (Fsp3) is 0.333. The summed E-state index contributed by atoms with van der Waals surface area (Å²) in [6.07, 6.45) is 5.17. The SMILES string of the molecule is CCCCC(=O)Nc1ccc(Nc2ccccc2CC)cn1. The number of hydrogen-bond acceptors (Lipinski definition) is 3. The maximum Gasteiger partial charge on any atom is 0.225 e. The van der Waals surface area contributed by atoms with E-state index in [-0.39, 0.29) is 5.91 Å². The summed E-state index contributed by atoms with van der Waals surface area (Å²) in [5, 5.41) is 6.18. The van der Waals surface area contributed by atoms with Gasteiger partial charge in [-0.25, -0.2) is 4.98 Å². The number of nitrogens with zero attached hydrogens (tertiary/aromatic N) is 1. The molecule has 22 heavy (non-hydrogen) atoms. The number of pyridine rings is 1. The van der Waals surface area contributed by atoms with Gasteiger partial charge >= 0.3 is 0 Å². The molecule has 0 atom stereocenters. The molecule has 2 N–H and O–H groups in total. The van der Waals surface area contributed by atoms with Crippen molar-refractivity contribution >= 4 is 23.1 Å². The van der Waals surface area contributed by atoms with Crippen molar-refractivity contribution in [1.29, 1.82) is 0 Å². The zero-order chi connectivity index (χ0) is 15.8. The van der Waals surface area contributed by atoms with Crippen LogP contribution in [0, 0.1) is 0 Å². The van der Waals surface area contributed by atoms with Gasteiger partial charge in [-0.2, -0.15) is 0 Å². The van der Waals surface area contributed by atoms with Gasteiger partial charge < -0.3 is 10.6 Å². The molecule has 1 aromatic heterocycles. The molecule has 0 aliphatic rings. The van der Waals surface area contributed by atoms with Gasteiger partial charge in [0, 0.05) is 12.1 Å². The number of rotatable bonds is 7. The summed E-state index contributed by atoms with van der Waals surface area (Å²) < 4.78 is 0. The van der Waals surface area contributed by atoms with Crippen LogP contribution in [0.25, 0.3) is 0 Å². The molecule has 0 unspecified atom stereocenters. The Labute approximate surface area is 132 Å². The molecule has 0 fully saturated rings. The van der Waals surface area contributed by atoms with Gasteiger partial charge in [0.1, 0.15) is 5.82 Å². The van der Waals surface area contributed by atoms with Crippen LogP contribution in [-0.2, 0) is 11.2 Å². The van der Waals surface area contributed by atoms with Crippen LogP contribution in [0.2, 0.25) is 0 Å². The van der Waals surface area contributed by atoms with Gasteiger partial charge in [0.15, 0.2) is 0 Å². The molecule has 0 bridgehead atoms. The molecule has 0 radical (unpaired) electrons. The molecule has 0 spiro atoms. The Kier molecular flexibility index (Phi) is 5.95. The molecule has 1 amide bonds. The zero-order valence-corrected chi connectivity index (χ0v) is 13.2. The number of aromatic nitrogens is 1. The number of unbranched alkanes of at least 4 members (excludes halogenated alkanes) is 1. The molecule has 2 aromatic rings. The standard InChI is InChI=1S/C18H23N3O/c1-3-5-10-18(22)21-17-12-11-15(13-19-17)20-16-9-7-6-8-14(16)4-2/h6-9,11-13,20H,3-5,10H2,1-2H3,(H,19,21,22). The van der Waals surface area contributed by atoms with Crippen LogP contribution in [0.5, 0.6) is 0 Å². The predicted molar refractivity (Wildman–Crippen MR) is 91.5 cm³/mol. The quantitative estimate of drug-likeness (QED) is 0.790. The average Bonchev–Trinajstić information content (AvgIpc) is 2.55. The lowest BCUT2D eigenvalue weighted by molar-refractivity contribution is -0.116. The van der Waals surface area contributed by atoms with E-state index in [2.05, 4.69) is 41.6 Å². The van der Waals surface area contributed by atoms with Gasteiger partial charge in [0.25, 0.3) is 0 Å². The van der Waals surface area contributed by atoms with Crippen LogP contribution in [-0.4, -0.2) is 10.9 Å². The lowest BCUT2D eigenvalue weighted by atomic mass is 10.1. The molecular weight excluding hydrogens is 274 g/mol. The van der Waals surface area contributed by atoms with Crippen molar-refractivity contribution in [3.63, 3.8) is 0 Å². The van der Waals surface area contributed by atoms with Crippen molar-refractivity contribution in [2.45, 2.75) is 39.5 Å². The second kappa shape index (κ2) is 8.17. The minimum atomic E-state index is 0.0198. The van der Waals surface area contributed by atoms with Crippen LogP contribution in [0.15, 0.2) is 42.6 Å². The molecule has 0 aliphatic heterocycles. The summed E-state index contributed by atoms with van der Waals surface area (Å²) in [7, 11) is 0. The highest BCUT2D eigenvalue weighted by molar-refractivity contribution is 5.89. The van der Waals surface area contributed by atoms with Gasteiger partial charge in [-0.1, -0.05) is 38.5 Å². The maximum absolute atomic E-state index is 11.7. The number of aryl methyl sites for hydroxylation is 1. The van der Waals surface area contributed by atoms with E-state index < -0.39 is 0 Å². The molecule has 1 heterocycles. The number of hydrogen-bond donors (Lipinski definition) is 2. The third kappa shape index (κ3) is 4.58. The highest BCUT2D eigenvalue weighted by atomic mass is 16.1. The van der Waals surface area contributed by atoms with E-state index in [4.69, 9.17) is 0 Å². The van der Waals surface area contributed by atoms with E-state index in [9.17, 15) is 4.79 Å². The molecular formula is C18H23N3O. The van der Waals surface area contributed by atoms with E-state index in [0.29, 0.717) is 12.2 Å². The first-order chi connectivity index (χ1) is 10.7. The molecule has 2 rings (SSSR count). The number of amides is 1. The van der Waals surface area contributed by atoms with Gasteiger partial charge in [0.2, 0.25) is 5.91 Å². The normalized spacial score (nSPS) is 10.3. The minimum Gasteiger partial charge on any atom is -0.354 e. The van der Waals surface area contributed by atoms with Crippen molar-refractivity contribution < 1.29 is 4.79 Å². The van der Waals surface area contributed by atoms with Crippen LogP contribution in [0.3, 0.4) is 0 Å². The highest BCUT2D eigenvalue weighted by Crippen LogP contribution is 2.21. The Morgan fingerprint density at radius 1 is 1.14 bits per heavy atom. The summed E-state index contributed by atoms with van der Waals surface area (Å²) in [5.74, 6) is 0.613. The Morgan fingerprint density at radius 3 is 2.64 bits per heavy atom. The third-order valence-electron chi connectivity index (χ3n) is 3.47. The van der Waals surface area contributed by atoms with E-state index in [1.807, 2.05) is 24.3 Å².